The summed E-state index contributed by atoms with van der Waals surface area (Å²) < 4.78 is 10.4. The van der Waals surface area contributed by atoms with Crippen LogP contribution >= 0.6 is 21.6 Å². The molecule has 0 atom stereocenters. The topological polar surface area (TPSA) is 105 Å². The first-order valence-electron chi connectivity index (χ1n) is 6.90. The van der Waals surface area contributed by atoms with E-state index >= 15 is 0 Å². The van der Waals surface area contributed by atoms with Crippen LogP contribution in [0.5, 0.6) is 11.5 Å². The molecule has 0 aliphatic heterocycles. The van der Waals surface area contributed by atoms with E-state index in [1.807, 2.05) is 24.3 Å². The third-order valence-electron chi connectivity index (χ3n) is 2.64. The standard InChI is InChI=1S/C16H16N2O4S2/c17-15(19)9-21-11-1-5-13(6-2-11)23-24-14-7-3-12(4-8-14)22-10-16(18)20/h1-8H,9-10H2,(H2,17,19)(H2,18,20). The summed E-state index contributed by atoms with van der Waals surface area (Å²) in [6.07, 6.45) is 0. The van der Waals surface area contributed by atoms with Crippen LogP contribution < -0.4 is 20.9 Å². The van der Waals surface area contributed by atoms with Crippen LogP contribution in [0, 0.1) is 0 Å². The lowest BCUT2D eigenvalue weighted by Crippen LogP contribution is -2.19. The van der Waals surface area contributed by atoms with Gasteiger partial charge in [0, 0.05) is 9.79 Å². The van der Waals surface area contributed by atoms with E-state index in [0.29, 0.717) is 11.5 Å². The maximum Gasteiger partial charge on any atom is 0.255 e. The summed E-state index contributed by atoms with van der Waals surface area (Å²) in [5, 5.41) is 0. The normalized spacial score (nSPS) is 10.2. The number of nitrogens with two attached hydrogens (primary N) is 2. The smallest absolute Gasteiger partial charge is 0.255 e. The van der Waals surface area contributed by atoms with Crippen LogP contribution in [0.2, 0.25) is 0 Å². The van der Waals surface area contributed by atoms with Crippen molar-refractivity contribution in [1.29, 1.82) is 0 Å². The van der Waals surface area contributed by atoms with Crippen LogP contribution in [0.4, 0.5) is 0 Å². The molecule has 0 fully saturated rings. The minimum absolute atomic E-state index is 0.134. The number of primary amides is 2. The molecule has 4 N–H and O–H groups in total. The number of benzene rings is 2. The quantitative estimate of drug-likeness (QED) is 0.661. The lowest BCUT2D eigenvalue weighted by atomic mass is 10.3. The second-order valence-corrected chi connectivity index (χ2v) is 6.90. The number of hydrogen-bond acceptors (Lipinski definition) is 6. The monoisotopic (exact) mass is 364 g/mol. The van der Waals surface area contributed by atoms with E-state index in [4.69, 9.17) is 20.9 Å². The van der Waals surface area contributed by atoms with Crippen molar-refractivity contribution in [3.8, 4) is 11.5 Å². The Morgan fingerprint density at radius 1 is 0.708 bits per heavy atom. The van der Waals surface area contributed by atoms with E-state index < -0.39 is 11.8 Å². The van der Waals surface area contributed by atoms with E-state index in [2.05, 4.69) is 0 Å². The van der Waals surface area contributed by atoms with Gasteiger partial charge in [-0.15, -0.1) is 0 Å². The zero-order valence-electron chi connectivity index (χ0n) is 12.6. The van der Waals surface area contributed by atoms with E-state index in [1.165, 1.54) is 0 Å². The van der Waals surface area contributed by atoms with Crippen molar-refractivity contribution in [2.75, 3.05) is 13.2 Å². The van der Waals surface area contributed by atoms with Gasteiger partial charge in [-0.05, 0) is 48.5 Å². The van der Waals surface area contributed by atoms with Gasteiger partial charge in [-0.2, -0.15) is 0 Å². The number of amides is 2. The molecule has 0 saturated carbocycles. The second kappa shape index (κ2) is 9.09. The van der Waals surface area contributed by atoms with Crippen molar-refractivity contribution >= 4 is 33.4 Å². The fourth-order valence-corrected chi connectivity index (χ4v) is 3.52. The summed E-state index contributed by atoms with van der Waals surface area (Å²) in [5.74, 6) is 0.178. The van der Waals surface area contributed by atoms with Crippen LogP contribution in [0.25, 0.3) is 0 Å². The van der Waals surface area contributed by atoms with Gasteiger partial charge in [-0.1, -0.05) is 21.6 Å². The average molecular weight is 364 g/mol. The minimum atomic E-state index is -0.507. The van der Waals surface area contributed by atoms with Crippen LogP contribution in [0.3, 0.4) is 0 Å². The lowest BCUT2D eigenvalue weighted by Gasteiger charge is -2.06. The van der Waals surface area contributed by atoms with Crippen molar-refractivity contribution in [1.82, 2.24) is 0 Å². The third kappa shape index (κ3) is 6.43. The van der Waals surface area contributed by atoms with Gasteiger partial charge in [0.15, 0.2) is 13.2 Å². The Labute approximate surface area is 147 Å². The molecule has 0 radical (unpaired) electrons. The summed E-state index contributed by atoms with van der Waals surface area (Å²) in [4.78, 5) is 23.4. The molecule has 24 heavy (non-hydrogen) atoms. The number of hydrogen-bond donors (Lipinski definition) is 2. The maximum absolute atomic E-state index is 10.7. The summed E-state index contributed by atoms with van der Waals surface area (Å²) in [6.45, 7) is -0.267. The molecule has 0 unspecified atom stereocenters. The van der Waals surface area contributed by atoms with Gasteiger partial charge < -0.3 is 20.9 Å². The lowest BCUT2D eigenvalue weighted by molar-refractivity contribution is -0.120. The van der Waals surface area contributed by atoms with Crippen molar-refractivity contribution in [2.45, 2.75) is 9.79 Å². The molecule has 0 bridgehead atoms. The zero-order valence-corrected chi connectivity index (χ0v) is 14.3. The molecule has 0 aliphatic carbocycles. The van der Waals surface area contributed by atoms with Gasteiger partial charge in [-0.3, -0.25) is 9.59 Å². The van der Waals surface area contributed by atoms with Crippen molar-refractivity contribution < 1.29 is 19.1 Å². The summed E-state index contributed by atoms with van der Waals surface area (Å²) in [5.41, 5.74) is 10.0. The Kier molecular flexibility index (Phi) is 6.83. The van der Waals surface area contributed by atoms with Crippen molar-refractivity contribution in [2.24, 2.45) is 11.5 Å². The molecule has 6 nitrogen and oxygen atoms in total. The Morgan fingerprint density at radius 3 is 1.33 bits per heavy atom. The SMILES string of the molecule is NC(=O)COc1ccc(SSc2ccc(OCC(N)=O)cc2)cc1. The number of ether oxygens (including phenoxy) is 2. The molecular formula is C16H16N2O4S2. The van der Waals surface area contributed by atoms with Crippen molar-refractivity contribution in [3.05, 3.63) is 48.5 Å². The fraction of sp³-hybridized carbons (Fsp3) is 0.125. The Hall–Kier alpha value is -2.32. The first-order chi connectivity index (χ1) is 11.5. The molecular weight excluding hydrogens is 348 g/mol. The van der Waals surface area contributed by atoms with Gasteiger partial charge in [0.1, 0.15) is 11.5 Å². The molecule has 2 aromatic rings. The van der Waals surface area contributed by atoms with Crippen LogP contribution in [-0.2, 0) is 9.59 Å². The summed E-state index contributed by atoms with van der Waals surface area (Å²) in [7, 11) is 3.17. The highest BCUT2D eigenvalue weighted by Gasteiger charge is 2.02. The summed E-state index contributed by atoms with van der Waals surface area (Å²) >= 11 is 0. The molecule has 0 aromatic heterocycles. The van der Waals surface area contributed by atoms with Crippen LogP contribution in [-0.4, -0.2) is 25.0 Å². The number of carbonyl (C=O) groups is 2. The first-order valence-corrected chi connectivity index (χ1v) is 9.05. The molecule has 0 aliphatic rings. The zero-order chi connectivity index (χ0) is 17.4. The van der Waals surface area contributed by atoms with Gasteiger partial charge in [0.25, 0.3) is 11.8 Å². The Bertz CT molecular complexity index is 629. The largest absolute Gasteiger partial charge is 0.484 e. The van der Waals surface area contributed by atoms with E-state index in [1.54, 1.807) is 45.9 Å². The maximum atomic E-state index is 10.7. The molecule has 0 heterocycles. The van der Waals surface area contributed by atoms with Gasteiger partial charge in [-0.25, -0.2) is 0 Å². The van der Waals surface area contributed by atoms with Gasteiger partial charge in [0.05, 0.1) is 0 Å². The molecule has 8 heteroatoms. The average Bonchev–Trinajstić information content (AvgIpc) is 2.58. The fourth-order valence-electron chi connectivity index (χ4n) is 1.59. The molecule has 2 amide bonds. The minimum Gasteiger partial charge on any atom is -0.484 e. The summed E-state index contributed by atoms with van der Waals surface area (Å²) in [6, 6.07) is 14.7. The van der Waals surface area contributed by atoms with Crippen molar-refractivity contribution in [3.63, 3.8) is 0 Å². The molecule has 2 rings (SSSR count). The molecule has 2 aromatic carbocycles. The van der Waals surface area contributed by atoms with Crippen LogP contribution in [0.1, 0.15) is 0 Å². The number of rotatable bonds is 9. The van der Waals surface area contributed by atoms with E-state index in [-0.39, 0.29) is 13.2 Å². The van der Waals surface area contributed by atoms with E-state index in [9.17, 15) is 9.59 Å². The van der Waals surface area contributed by atoms with Gasteiger partial charge in [0.2, 0.25) is 0 Å². The molecule has 0 spiro atoms. The first kappa shape index (κ1) is 18.0. The predicted octanol–water partition coefficient (Wildman–Crippen LogP) is 2.21. The second-order valence-electron chi connectivity index (χ2n) is 4.62. The highest BCUT2D eigenvalue weighted by Crippen LogP contribution is 2.38. The highest BCUT2D eigenvalue weighted by molar-refractivity contribution is 8.76. The Balaban J connectivity index is 1.82. The molecule has 126 valence electrons. The van der Waals surface area contributed by atoms with Crippen LogP contribution in [0.15, 0.2) is 58.3 Å². The third-order valence-corrected chi connectivity index (χ3v) is 5.06. The predicted molar refractivity (Wildman–Crippen MR) is 94.0 cm³/mol. The number of carbonyl (C=O) groups excluding carboxylic acids is 2. The van der Waals surface area contributed by atoms with E-state index in [0.717, 1.165) is 9.79 Å². The molecule has 0 saturated heterocycles. The Morgan fingerprint density at radius 2 is 1.04 bits per heavy atom. The highest BCUT2D eigenvalue weighted by atomic mass is 33.1. The van der Waals surface area contributed by atoms with Gasteiger partial charge >= 0.3 is 0 Å².